The number of amides is 4. The predicted molar refractivity (Wildman–Crippen MR) is 120 cm³/mol. The van der Waals surface area contributed by atoms with Crippen molar-refractivity contribution in [2.45, 2.75) is 63.7 Å². The fourth-order valence-electron chi connectivity index (χ4n) is 2.69. The lowest BCUT2D eigenvalue weighted by Gasteiger charge is -2.25. The second kappa shape index (κ2) is 15.1. The molecule has 4 amide bonds. The molecule has 0 rings (SSSR count). The van der Waals surface area contributed by atoms with Crippen molar-refractivity contribution in [3.63, 3.8) is 0 Å². The summed E-state index contributed by atoms with van der Waals surface area (Å²) in [6.45, 7) is 3.59. The van der Waals surface area contributed by atoms with Crippen molar-refractivity contribution >= 4 is 47.3 Å². The number of aliphatic carboxylic acids is 2. The number of carboxylic acids is 2. The van der Waals surface area contributed by atoms with Crippen LogP contribution < -0.4 is 27.4 Å². The molecule has 0 aliphatic heterocycles. The van der Waals surface area contributed by atoms with E-state index in [1.54, 1.807) is 13.8 Å². The van der Waals surface area contributed by atoms with Gasteiger partial charge in [0.05, 0.1) is 18.9 Å². The van der Waals surface area contributed by atoms with Gasteiger partial charge in [-0.05, 0) is 30.8 Å². The lowest BCUT2D eigenvalue weighted by molar-refractivity contribution is -0.144. The van der Waals surface area contributed by atoms with E-state index >= 15 is 0 Å². The molecule has 4 atom stereocenters. The van der Waals surface area contributed by atoms with Crippen LogP contribution in [0.3, 0.4) is 0 Å². The van der Waals surface area contributed by atoms with Gasteiger partial charge in [0.1, 0.15) is 18.1 Å². The van der Waals surface area contributed by atoms with Gasteiger partial charge in [-0.3, -0.25) is 24.0 Å². The smallest absolute Gasteiger partial charge is 0.326 e. The highest BCUT2D eigenvalue weighted by Gasteiger charge is 2.32. The van der Waals surface area contributed by atoms with Gasteiger partial charge in [0.25, 0.3) is 0 Å². The van der Waals surface area contributed by atoms with Crippen molar-refractivity contribution in [2.24, 2.45) is 17.4 Å². The second-order valence-corrected chi connectivity index (χ2v) is 8.79. The lowest BCUT2D eigenvalue weighted by atomic mass is 10.0. The summed E-state index contributed by atoms with van der Waals surface area (Å²) in [5.74, 6) is -5.97. The molecule has 0 radical (unpaired) electrons. The van der Waals surface area contributed by atoms with Crippen LogP contribution in [0, 0.1) is 5.92 Å². The first kappa shape index (κ1) is 30.1. The summed E-state index contributed by atoms with van der Waals surface area (Å²) in [6.07, 6.45) is 0.813. The largest absolute Gasteiger partial charge is 0.481 e. The van der Waals surface area contributed by atoms with Crippen molar-refractivity contribution in [1.82, 2.24) is 16.0 Å². The maximum Gasteiger partial charge on any atom is 0.326 e. The Morgan fingerprint density at radius 3 is 1.82 bits per heavy atom. The standard InChI is InChI=1S/C19H33N5O8S/c1-9(2)6-11(22-16(28)10(20)4-5-33-3)17(29)23-12(8-15(26)27)18(30)24-13(19(31)32)7-14(21)25/h9-13H,4-8,20H2,1-3H3,(H2,21,25)(H,22,28)(H,23,29)(H,24,30)(H,26,27)(H,31,32). The molecule has 0 spiro atoms. The Hall–Kier alpha value is -2.87. The van der Waals surface area contributed by atoms with Gasteiger partial charge < -0.3 is 37.6 Å². The molecule has 0 aliphatic rings. The van der Waals surface area contributed by atoms with Crippen LogP contribution in [-0.4, -0.2) is 82.0 Å². The van der Waals surface area contributed by atoms with Crippen LogP contribution in [0.25, 0.3) is 0 Å². The normalized spacial score (nSPS) is 14.5. The number of primary amides is 1. The average molecular weight is 492 g/mol. The second-order valence-electron chi connectivity index (χ2n) is 7.81. The van der Waals surface area contributed by atoms with Crippen molar-refractivity contribution in [1.29, 1.82) is 0 Å². The zero-order chi connectivity index (χ0) is 25.7. The number of nitrogens with two attached hydrogens (primary N) is 2. The van der Waals surface area contributed by atoms with E-state index in [2.05, 4.69) is 10.6 Å². The molecular formula is C19H33N5O8S. The fourth-order valence-corrected chi connectivity index (χ4v) is 3.18. The van der Waals surface area contributed by atoms with E-state index < -0.39 is 72.6 Å². The Kier molecular flexibility index (Phi) is 13.7. The van der Waals surface area contributed by atoms with E-state index in [1.165, 1.54) is 11.8 Å². The highest BCUT2D eigenvalue weighted by atomic mass is 32.2. The van der Waals surface area contributed by atoms with E-state index in [9.17, 15) is 28.8 Å². The molecule has 0 fully saturated rings. The van der Waals surface area contributed by atoms with Crippen LogP contribution in [-0.2, 0) is 28.8 Å². The van der Waals surface area contributed by atoms with E-state index in [-0.39, 0.29) is 12.3 Å². The summed E-state index contributed by atoms with van der Waals surface area (Å²) in [6, 6.07) is -5.34. The third kappa shape index (κ3) is 12.7. The Balaban J connectivity index is 5.50. The molecule has 0 bridgehead atoms. The first-order valence-corrected chi connectivity index (χ1v) is 11.6. The number of carbonyl (C=O) groups is 6. The molecule has 188 valence electrons. The van der Waals surface area contributed by atoms with Crippen molar-refractivity contribution < 1.29 is 39.0 Å². The molecule has 33 heavy (non-hydrogen) atoms. The number of hydrogen-bond acceptors (Lipinski definition) is 8. The third-order valence-electron chi connectivity index (χ3n) is 4.34. The summed E-state index contributed by atoms with van der Waals surface area (Å²) in [5, 5.41) is 25.0. The molecule has 0 saturated heterocycles. The first-order chi connectivity index (χ1) is 15.3. The molecule has 0 aromatic heterocycles. The van der Waals surface area contributed by atoms with Gasteiger partial charge in [0.15, 0.2) is 0 Å². The van der Waals surface area contributed by atoms with Gasteiger partial charge in [0.2, 0.25) is 23.6 Å². The van der Waals surface area contributed by atoms with Crippen molar-refractivity contribution in [2.75, 3.05) is 12.0 Å². The van der Waals surface area contributed by atoms with E-state index in [1.807, 2.05) is 11.6 Å². The number of carbonyl (C=O) groups excluding carboxylic acids is 4. The predicted octanol–water partition coefficient (Wildman–Crippen LogP) is -2.00. The fraction of sp³-hybridized carbons (Fsp3) is 0.684. The summed E-state index contributed by atoms with van der Waals surface area (Å²) in [5.41, 5.74) is 10.8. The maximum absolute atomic E-state index is 12.8. The summed E-state index contributed by atoms with van der Waals surface area (Å²) in [4.78, 5) is 71.1. The molecule has 13 nitrogen and oxygen atoms in total. The number of hydrogen-bond donors (Lipinski definition) is 7. The molecule has 0 aliphatic carbocycles. The molecule has 14 heteroatoms. The monoisotopic (exact) mass is 491 g/mol. The Morgan fingerprint density at radius 2 is 1.36 bits per heavy atom. The summed E-state index contributed by atoms with van der Waals surface area (Å²) < 4.78 is 0. The number of nitrogens with one attached hydrogen (secondary N) is 3. The zero-order valence-corrected chi connectivity index (χ0v) is 19.6. The van der Waals surface area contributed by atoms with E-state index in [0.717, 1.165) is 0 Å². The zero-order valence-electron chi connectivity index (χ0n) is 18.8. The molecular weight excluding hydrogens is 458 g/mol. The number of carboxylic acid groups (broad SMARTS) is 2. The molecule has 0 heterocycles. The molecule has 0 aromatic rings. The van der Waals surface area contributed by atoms with Crippen LogP contribution in [0.2, 0.25) is 0 Å². The van der Waals surface area contributed by atoms with Crippen molar-refractivity contribution in [3.8, 4) is 0 Å². The molecule has 9 N–H and O–H groups in total. The van der Waals surface area contributed by atoms with E-state index in [0.29, 0.717) is 12.2 Å². The van der Waals surface area contributed by atoms with Gasteiger partial charge in [-0.1, -0.05) is 13.8 Å². The van der Waals surface area contributed by atoms with Gasteiger partial charge in [-0.15, -0.1) is 0 Å². The van der Waals surface area contributed by atoms with Crippen LogP contribution in [0.15, 0.2) is 0 Å². The minimum atomic E-state index is -1.70. The number of rotatable bonds is 16. The average Bonchev–Trinajstić information content (AvgIpc) is 2.68. The van der Waals surface area contributed by atoms with Gasteiger partial charge >= 0.3 is 11.9 Å². The highest BCUT2D eigenvalue weighted by Crippen LogP contribution is 2.08. The Bertz CT molecular complexity index is 733. The summed E-state index contributed by atoms with van der Waals surface area (Å²) >= 11 is 1.50. The molecule has 0 saturated carbocycles. The van der Waals surface area contributed by atoms with Crippen LogP contribution in [0.5, 0.6) is 0 Å². The SMILES string of the molecule is CSCCC(N)C(=O)NC(CC(C)C)C(=O)NC(CC(=O)O)C(=O)NC(CC(N)=O)C(=O)O. The van der Waals surface area contributed by atoms with Crippen LogP contribution in [0.1, 0.15) is 39.5 Å². The van der Waals surface area contributed by atoms with Gasteiger partial charge in [-0.25, -0.2) is 4.79 Å². The third-order valence-corrected chi connectivity index (χ3v) is 4.99. The van der Waals surface area contributed by atoms with Gasteiger partial charge in [-0.2, -0.15) is 11.8 Å². The van der Waals surface area contributed by atoms with Crippen LogP contribution >= 0.6 is 11.8 Å². The molecule has 4 unspecified atom stereocenters. The Morgan fingerprint density at radius 1 is 0.848 bits per heavy atom. The lowest BCUT2D eigenvalue weighted by Crippen LogP contribution is -2.58. The minimum Gasteiger partial charge on any atom is -0.481 e. The first-order valence-electron chi connectivity index (χ1n) is 10.2. The maximum atomic E-state index is 12.8. The summed E-state index contributed by atoms with van der Waals surface area (Å²) in [7, 11) is 0. The minimum absolute atomic E-state index is 0.0535. The highest BCUT2D eigenvalue weighted by molar-refractivity contribution is 7.98. The number of thioether (sulfide) groups is 1. The topological polar surface area (TPSA) is 231 Å². The van der Waals surface area contributed by atoms with Gasteiger partial charge in [0, 0.05) is 0 Å². The van der Waals surface area contributed by atoms with Crippen molar-refractivity contribution in [3.05, 3.63) is 0 Å². The quantitative estimate of drug-likeness (QED) is 0.125. The van der Waals surface area contributed by atoms with E-state index in [4.69, 9.17) is 21.7 Å². The molecule has 0 aromatic carbocycles. The van der Waals surface area contributed by atoms with Crippen LogP contribution in [0.4, 0.5) is 0 Å². The Labute approximate surface area is 195 Å².